The third kappa shape index (κ3) is 5.74. The molecular formula is C22H27N5O5S. The molecule has 2 aromatic heterocycles. The molecule has 3 aromatic rings. The molecular weight excluding hydrogens is 446 g/mol. The lowest BCUT2D eigenvalue weighted by Gasteiger charge is -2.36. The van der Waals surface area contributed by atoms with Crippen LogP contribution in [0.3, 0.4) is 0 Å². The van der Waals surface area contributed by atoms with E-state index in [1.807, 2.05) is 24.4 Å². The monoisotopic (exact) mass is 473 g/mol. The molecule has 3 atom stereocenters. The van der Waals surface area contributed by atoms with Crippen molar-refractivity contribution in [1.29, 1.82) is 0 Å². The number of pyridine rings is 1. The molecule has 2 N–H and O–H groups in total. The second-order valence-electron chi connectivity index (χ2n) is 7.83. The van der Waals surface area contributed by atoms with Crippen LogP contribution in [0.2, 0.25) is 0 Å². The first-order valence-corrected chi connectivity index (χ1v) is 12.2. The average Bonchev–Trinajstić information content (AvgIpc) is 3.33. The van der Waals surface area contributed by atoms with E-state index in [0.717, 1.165) is 5.69 Å². The minimum atomic E-state index is -3.78. The van der Waals surface area contributed by atoms with E-state index in [9.17, 15) is 13.5 Å². The van der Waals surface area contributed by atoms with Crippen molar-refractivity contribution in [1.82, 2.24) is 24.7 Å². The number of aromatic nitrogens is 4. The van der Waals surface area contributed by atoms with E-state index >= 15 is 0 Å². The van der Waals surface area contributed by atoms with Crippen LogP contribution < -0.4 is 9.46 Å². The maximum atomic E-state index is 12.8. The van der Waals surface area contributed by atoms with Gasteiger partial charge < -0.3 is 14.6 Å². The first-order chi connectivity index (χ1) is 16.0. The number of rotatable bonds is 9. The van der Waals surface area contributed by atoms with E-state index in [2.05, 4.69) is 20.0 Å². The molecule has 1 aromatic carbocycles. The van der Waals surface area contributed by atoms with Gasteiger partial charge in [0.15, 0.2) is 0 Å². The first-order valence-electron chi connectivity index (χ1n) is 10.7. The molecule has 176 valence electrons. The fraction of sp³-hybridized carbons (Fsp3) is 0.409. The normalized spacial score (nSPS) is 21.1. The number of ether oxygens (including phenoxy) is 2. The van der Waals surface area contributed by atoms with Crippen molar-refractivity contribution < 1.29 is 23.0 Å². The lowest BCUT2D eigenvalue weighted by molar-refractivity contribution is -0.0891. The Labute approximate surface area is 192 Å². The molecule has 3 heterocycles. The summed E-state index contributed by atoms with van der Waals surface area (Å²) in [5, 5.41) is 18.1. The van der Waals surface area contributed by atoms with E-state index in [1.165, 1.54) is 19.2 Å². The van der Waals surface area contributed by atoms with Gasteiger partial charge in [-0.3, -0.25) is 9.67 Å². The molecule has 0 spiro atoms. The Morgan fingerprint density at radius 2 is 2.09 bits per heavy atom. The molecule has 33 heavy (non-hydrogen) atoms. The molecule has 1 fully saturated rings. The topological polar surface area (TPSA) is 128 Å². The summed E-state index contributed by atoms with van der Waals surface area (Å²) in [6, 6.07) is 11.3. The smallest absolute Gasteiger partial charge is 0.241 e. The molecule has 11 heteroatoms. The number of sulfonamides is 1. The van der Waals surface area contributed by atoms with Crippen molar-refractivity contribution in [3.05, 3.63) is 54.9 Å². The number of aliphatic hydroxyl groups is 1. The molecule has 1 saturated heterocycles. The van der Waals surface area contributed by atoms with Gasteiger partial charge in [-0.15, -0.1) is 5.10 Å². The number of hydrogen-bond donors (Lipinski definition) is 2. The quantitative estimate of drug-likeness (QED) is 0.480. The van der Waals surface area contributed by atoms with Gasteiger partial charge >= 0.3 is 0 Å². The van der Waals surface area contributed by atoms with Crippen LogP contribution in [-0.4, -0.2) is 65.5 Å². The van der Waals surface area contributed by atoms with Gasteiger partial charge in [0, 0.05) is 18.8 Å². The zero-order chi connectivity index (χ0) is 23.3. The minimum absolute atomic E-state index is 0.107. The van der Waals surface area contributed by atoms with Gasteiger partial charge in [-0.05, 0) is 43.5 Å². The van der Waals surface area contributed by atoms with E-state index in [-0.39, 0.29) is 17.6 Å². The number of aryl methyl sites for hydroxylation is 1. The summed E-state index contributed by atoms with van der Waals surface area (Å²) in [6.07, 6.45) is 4.65. The molecule has 1 aliphatic rings. The van der Waals surface area contributed by atoms with Crippen LogP contribution in [0.15, 0.2) is 59.8 Å². The predicted octanol–water partition coefficient (Wildman–Crippen LogP) is 1.63. The molecule has 1 aliphatic heterocycles. The summed E-state index contributed by atoms with van der Waals surface area (Å²) in [5.41, 5.74) is 1.45. The molecule has 0 bridgehead atoms. The van der Waals surface area contributed by atoms with Crippen LogP contribution in [-0.2, 0) is 21.3 Å². The number of methoxy groups -OCH3 is 1. The molecule has 0 amide bonds. The Morgan fingerprint density at radius 3 is 2.85 bits per heavy atom. The molecule has 4 rings (SSSR count). The van der Waals surface area contributed by atoms with Gasteiger partial charge in [0.05, 0.1) is 48.8 Å². The second kappa shape index (κ2) is 10.4. The predicted molar refractivity (Wildman–Crippen MR) is 120 cm³/mol. The van der Waals surface area contributed by atoms with Crippen molar-refractivity contribution in [3.8, 4) is 17.1 Å². The van der Waals surface area contributed by atoms with Gasteiger partial charge in [0.2, 0.25) is 10.0 Å². The SMILES string of the molecule is COc1cccc(S(=O)(=O)N[C@H]2CC[C@@H](CCn3cc(-c4ccccn4)nn3)O[C@@H]2CO)c1. The highest BCUT2D eigenvalue weighted by Crippen LogP contribution is 2.25. The Morgan fingerprint density at radius 1 is 1.21 bits per heavy atom. The summed E-state index contributed by atoms with van der Waals surface area (Å²) >= 11 is 0. The van der Waals surface area contributed by atoms with Crippen LogP contribution >= 0.6 is 0 Å². The van der Waals surface area contributed by atoms with Gasteiger partial charge in [0.1, 0.15) is 11.4 Å². The van der Waals surface area contributed by atoms with E-state index in [4.69, 9.17) is 9.47 Å². The first kappa shape index (κ1) is 23.3. The summed E-state index contributed by atoms with van der Waals surface area (Å²) < 4.78 is 41.2. The van der Waals surface area contributed by atoms with Crippen molar-refractivity contribution in [2.45, 2.75) is 49.0 Å². The summed E-state index contributed by atoms with van der Waals surface area (Å²) in [5.74, 6) is 0.454. The summed E-state index contributed by atoms with van der Waals surface area (Å²) in [4.78, 5) is 4.38. The Kier molecular flexibility index (Phi) is 7.33. The van der Waals surface area contributed by atoms with Crippen LogP contribution in [0, 0.1) is 0 Å². The molecule has 0 saturated carbocycles. The standard InChI is InChI=1S/C22H27N5O5S/c1-31-17-5-4-6-18(13-17)33(29,30)25-20-9-8-16(32-22(20)15-28)10-12-27-14-21(24-26-27)19-7-2-3-11-23-19/h2-7,11,13-14,16,20,22,25,28H,8-10,12,15H2,1H3/t16-,20-,22+/m0/s1. The fourth-order valence-corrected chi connectivity index (χ4v) is 5.16. The largest absolute Gasteiger partial charge is 0.497 e. The third-order valence-corrected chi connectivity index (χ3v) is 7.09. The van der Waals surface area contributed by atoms with Crippen molar-refractivity contribution >= 4 is 10.0 Å². The molecule has 0 radical (unpaired) electrons. The van der Waals surface area contributed by atoms with Gasteiger partial charge in [-0.2, -0.15) is 0 Å². The van der Waals surface area contributed by atoms with Crippen LogP contribution in [0.5, 0.6) is 5.75 Å². The highest BCUT2D eigenvalue weighted by Gasteiger charge is 2.34. The van der Waals surface area contributed by atoms with Crippen molar-refractivity contribution in [2.24, 2.45) is 0 Å². The Hall–Kier alpha value is -2.86. The highest BCUT2D eigenvalue weighted by atomic mass is 32.2. The number of nitrogens with one attached hydrogen (secondary N) is 1. The van der Waals surface area contributed by atoms with Crippen LogP contribution in [0.4, 0.5) is 0 Å². The molecule has 10 nitrogen and oxygen atoms in total. The van der Waals surface area contributed by atoms with E-state index in [1.54, 1.807) is 23.0 Å². The van der Waals surface area contributed by atoms with Crippen LogP contribution in [0.25, 0.3) is 11.4 Å². The lowest BCUT2D eigenvalue weighted by Crippen LogP contribution is -2.50. The maximum Gasteiger partial charge on any atom is 0.241 e. The van der Waals surface area contributed by atoms with E-state index < -0.39 is 22.2 Å². The lowest BCUT2D eigenvalue weighted by atomic mass is 9.98. The Balaban J connectivity index is 1.33. The van der Waals surface area contributed by atoms with Gasteiger partial charge in [-0.1, -0.05) is 17.3 Å². The molecule has 0 unspecified atom stereocenters. The highest BCUT2D eigenvalue weighted by molar-refractivity contribution is 7.89. The van der Waals surface area contributed by atoms with Crippen molar-refractivity contribution in [3.63, 3.8) is 0 Å². The average molecular weight is 474 g/mol. The Bertz CT molecular complexity index is 1150. The zero-order valence-corrected chi connectivity index (χ0v) is 19.1. The third-order valence-electron chi connectivity index (χ3n) is 5.60. The number of hydrogen-bond acceptors (Lipinski definition) is 8. The minimum Gasteiger partial charge on any atom is -0.497 e. The number of benzene rings is 1. The van der Waals surface area contributed by atoms with Gasteiger partial charge in [-0.25, -0.2) is 13.1 Å². The summed E-state index contributed by atoms with van der Waals surface area (Å²) in [7, 11) is -2.30. The van der Waals surface area contributed by atoms with E-state index in [0.29, 0.717) is 37.3 Å². The number of nitrogens with zero attached hydrogens (tertiary/aromatic N) is 4. The second-order valence-corrected chi connectivity index (χ2v) is 9.55. The van der Waals surface area contributed by atoms with Crippen LogP contribution in [0.1, 0.15) is 19.3 Å². The van der Waals surface area contributed by atoms with Crippen molar-refractivity contribution in [2.75, 3.05) is 13.7 Å². The summed E-state index contributed by atoms with van der Waals surface area (Å²) in [6.45, 7) is 0.303. The van der Waals surface area contributed by atoms with Gasteiger partial charge in [0.25, 0.3) is 0 Å². The number of aliphatic hydroxyl groups excluding tert-OH is 1. The molecule has 0 aliphatic carbocycles. The fourth-order valence-electron chi connectivity index (χ4n) is 3.83. The zero-order valence-electron chi connectivity index (χ0n) is 18.2. The maximum absolute atomic E-state index is 12.8.